The second-order valence-corrected chi connectivity index (χ2v) is 7.03. The molecule has 1 aromatic carbocycles. The average Bonchev–Trinajstić information content (AvgIpc) is 3.29. The van der Waals surface area contributed by atoms with E-state index in [9.17, 15) is 4.79 Å². The number of aromatic nitrogens is 5. The molecule has 0 aliphatic carbocycles. The maximum Gasteiger partial charge on any atom is 0.281 e. The second kappa shape index (κ2) is 7.59. The third-order valence-electron chi connectivity index (χ3n) is 5.15. The first-order valence-electron chi connectivity index (χ1n) is 9.78. The van der Waals surface area contributed by atoms with Gasteiger partial charge in [0, 0.05) is 31.4 Å². The summed E-state index contributed by atoms with van der Waals surface area (Å²) in [5.74, 6) is 1.12. The normalized spacial score (nSPS) is 16.6. The van der Waals surface area contributed by atoms with Crippen molar-refractivity contribution in [3.8, 4) is 5.69 Å². The summed E-state index contributed by atoms with van der Waals surface area (Å²) in [6.07, 6.45) is 5.08. The molecule has 0 atom stereocenters. The molecule has 148 valence electrons. The molecule has 0 radical (unpaired) electrons. The van der Waals surface area contributed by atoms with Crippen LogP contribution in [0.15, 0.2) is 42.7 Å². The highest BCUT2D eigenvalue weighted by Crippen LogP contribution is 2.27. The van der Waals surface area contributed by atoms with Gasteiger partial charge in [-0.05, 0) is 25.0 Å². The molecule has 1 fully saturated rings. The molecule has 0 bridgehead atoms. The second-order valence-electron chi connectivity index (χ2n) is 7.03. The van der Waals surface area contributed by atoms with Crippen molar-refractivity contribution in [3.05, 3.63) is 54.0 Å². The van der Waals surface area contributed by atoms with E-state index in [4.69, 9.17) is 9.72 Å². The van der Waals surface area contributed by atoms with Gasteiger partial charge < -0.3 is 9.64 Å². The van der Waals surface area contributed by atoms with Crippen LogP contribution in [0.3, 0.4) is 0 Å². The zero-order valence-corrected chi connectivity index (χ0v) is 15.9. The molecule has 1 amide bonds. The van der Waals surface area contributed by atoms with E-state index < -0.39 is 0 Å². The number of anilines is 2. The van der Waals surface area contributed by atoms with Gasteiger partial charge in [0.05, 0.1) is 25.1 Å². The van der Waals surface area contributed by atoms with Crippen molar-refractivity contribution in [2.24, 2.45) is 0 Å². The fourth-order valence-corrected chi connectivity index (χ4v) is 3.63. The molecular weight excluding hydrogens is 370 g/mol. The average molecular weight is 391 g/mol. The minimum absolute atomic E-state index is 0.195. The van der Waals surface area contributed by atoms with E-state index in [1.54, 1.807) is 4.90 Å². The lowest BCUT2D eigenvalue weighted by Crippen LogP contribution is -2.40. The number of ether oxygens (including phenoxy) is 1. The number of morpholine rings is 1. The Bertz CT molecular complexity index is 1010. The van der Waals surface area contributed by atoms with Gasteiger partial charge in [0.2, 0.25) is 5.95 Å². The Labute approximate surface area is 167 Å². The van der Waals surface area contributed by atoms with Gasteiger partial charge >= 0.3 is 0 Å². The first-order valence-corrected chi connectivity index (χ1v) is 9.78. The van der Waals surface area contributed by atoms with Gasteiger partial charge in [0.15, 0.2) is 5.69 Å². The SMILES string of the molecule is O=C(c1cnn(-c2ccccc2)n1)N1CCCc2cnc(N3CCOCC3)nc21. The molecule has 4 heterocycles. The lowest BCUT2D eigenvalue weighted by Gasteiger charge is -2.31. The van der Waals surface area contributed by atoms with E-state index in [1.165, 1.54) is 11.0 Å². The highest BCUT2D eigenvalue weighted by atomic mass is 16.5. The van der Waals surface area contributed by atoms with Crippen LogP contribution >= 0.6 is 0 Å². The van der Waals surface area contributed by atoms with Crippen LogP contribution in [0.4, 0.5) is 11.8 Å². The first kappa shape index (κ1) is 17.7. The van der Waals surface area contributed by atoms with Crippen LogP contribution in [0.5, 0.6) is 0 Å². The summed E-state index contributed by atoms with van der Waals surface area (Å²) in [4.78, 5) is 27.7. The smallest absolute Gasteiger partial charge is 0.281 e. The molecule has 2 aromatic heterocycles. The molecule has 5 rings (SSSR count). The predicted octanol–water partition coefficient (Wildman–Crippen LogP) is 1.49. The Kier molecular flexibility index (Phi) is 4.65. The molecular formula is C20H21N7O2. The number of carbonyl (C=O) groups is 1. The van der Waals surface area contributed by atoms with Gasteiger partial charge in [-0.2, -0.15) is 14.9 Å². The van der Waals surface area contributed by atoms with Gasteiger partial charge in [0.1, 0.15) is 5.82 Å². The molecule has 9 nitrogen and oxygen atoms in total. The minimum atomic E-state index is -0.195. The highest BCUT2D eigenvalue weighted by Gasteiger charge is 2.28. The van der Waals surface area contributed by atoms with Crippen LogP contribution in [0, 0.1) is 0 Å². The van der Waals surface area contributed by atoms with Crippen LogP contribution in [0.2, 0.25) is 0 Å². The van der Waals surface area contributed by atoms with Gasteiger partial charge in [0.25, 0.3) is 5.91 Å². The minimum Gasteiger partial charge on any atom is -0.378 e. The zero-order valence-electron chi connectivity index (χ0n) is 15.9. The van der Waals surface area contributed by atoms with E-state index in [0.29, 0.717) is 37.2 Å². The van der Waals surface area contributed by atoms with E-state index in [0.717, 1.165) is 37.2 Å². The van der Waals surface area contributed by atoms with Crippen molar-refractivity contribution in [2.45, 2.75) is 12.8 Å². The Morgan fingerprint density at radius 3 is 2.69 bits per heavy atom. The number of rotatable bonds is 3. The molecule has 0 saturated carbocycles. The zero-order chi connectivity index (χ0) is 19.6. The summed E-state index contributed by atoms with van der Waals surface area (Å²) in [6.45, 7) is 3.41. The first-order chi connectivity index (χ1) is 14.3. The summed E-state index contributed by atoms with van der Waals surface area (Å²) < 4.78 is 5.41. The van der Waals surface area contributed by atoms with Gasteiger partial charge in [-0.15, -0.1) is 5.10 Å². The fourth-order valence-electron chi connectivity index (χ4n) is 3.63. The summed E-state index contributed by atoms with van der Waals surface area (Å²) in [5.41, 5.74) is 2.09. The van der Waals surface area contributed by atoms with Crippen molar-refractivity contribution in [1.82, 2.24) is 25.0 Å². The molecule has 29 heavy (non-hydrogen) atoms. The quantitative estimate of drug-likeness (QED) is 0.668. The maximum absolute atomic E-state index is 13.2. The molecule has 3 aromatic rings. The number of para-hydroxylation sites is 1. The van der Waals surface area contributed by atoms with E-state index in [-0.39, 0.29) is 5.91 Å². The number of carbonyl (C=O) groups excluding carboxylic acids is 1. The van der Waals surface area contributed by atoms with Crippen LogP contribution in [-0.4, -0.2) is 63.7 Å². The highest BCUT2D eigenvalue weighted by molar-refractivity contribution is 6.04. The number of aryl methyl sites for hydroxylation is 1. The Morgan fingerprint density at radius 2 is 1.86 bits per heavy atom. The summed E-state index contributed by atoms with van der Waals surface area (Å²) >= 11 is 0. The monoisotopic (exact) mass is 391 g/mol. The Morgan fingerprint density at radius 1 is 1.03 bits per heavy atom. The third-order valence-corrected chi connectivity index (χ3v) is 5.15. The number of amides is 1. The van der Waals surface area contributed by atoms with Gasteiger partial charge in [-0.3, -0.25) is 9.69 Å². The molecule has 0 unspecified atom stereocenters. The lowest BCUT2D eigenvalue weighted by molar-refractivity contribution is 0.0979. The van der Waals surface area contributed by atoms with Crippen LogP contribution in [0.25, 0.3) is 5.69 Å². The van der Waals surface area contributed by atoms with Crippen LogP contribution in [0.1, 0.15) is 22.5 Å². The van der Waals surface area contributed by atoms with E-state index >= 15 is 0 Å². The van der Waals surface area contributed by atoms with Crippen molar-refractivity contribution in [2.75, 3.05) is 42.6 Å². The maximum atomic E-state index is 13.2. The molecule has 1 saturated heterocycles. The largest absolute Gasteiger partial charge is 0.378 e. The molecule has 0 spiro atoms. The summed E-state index contributed by atoms with van der Waals surface area (Å²) in [7, 11) is 0. The predicted molar refractivity (Wildman–Crippen MR) is 106 cm³/mol. The van der Waals surface area contributed by atoms with E-state index in [2.05, 4.69) is 20.1 Å². The number of benzene rings is 1. The Balaban J connectivity index is 1.44. The number of fused-ring (bicyclic) bond motifs is 1. The lowest BCUT2D eigenvalue weighted by atomic mass is 10.1. The van der Waals surface area contributed by atoms with Crippen LogP contribution < -0.4 is 9.80 Å². The standard InChI is InChI=1S/C20H21N7O2/c28-19(17-14-22-27(24-17)16-6-2-1-3-7-16)26-8-4-5-15-13-21-20(23-18(15)26)25-9-11-29-12-10-25/h1-3,6-7,13-14H,4-5,8-12H2. The Hall–Kier alpha value is -3.33. The third kappa shape index (κ3) is 3.44. The van der Waals surface area contributed by atoms with Gasteiger partial charge in [-0.1, -0.05) is 18.2 Å². The van der Waals surface area contributed by atoms with Crippen molar-refractivity contribution in [3.63, 3.8) is 0 Å². The molecule has 0 N–H and O–H groups in total. The number of nitrogens with zero attached hydrogens (tertiary/aromatic N) is 7. The molecule has 9 heteroatoms. The number of hydrogen-bond donors (Lipinski definition) is 0. The van der Waals surface area contributed by atoms with E-state index in [1.807, 2.05) is 36.5 Å². The fraction of sp³-hybridized carbons (Fsp3) is 0.350. The summed E-state index contributed by atoms with van der Waals surface area (Å²) in [6, 6.07) is 9.53. The van der Waals surface area contributed by atoms with Crippen molar-refractivity contribution in [1.29, 1.82) is 0 Å². The number of hydrogen-bond acceptors (Lipinski definition) is 7. The van der Waals surface area contributed by atoms with Gasteiger partial charge in [-0.25, -0.2) is 4.98 Å². The topological polar surface area (TPSA) is 89.3 Å². The van der Waals surface area contributed by atoms with Crippen LogP contribution in [-0.2, 0) is 11.2 Å². The summed E-state index contributed by atoms with van der Waals surface area (Å²) in [5, 5.41) is 8.64. The van der Waals surface area contributed by atoms with Crippen molar-refractivity contribution < 1.29 is 9.53 Å². The molecule has 2 aliphatic heterocycles. The van der Waals surface area contributed by atoms with Crippen molar-refractivity contribution >= 4 is 17.7 Å². The molecule has 2 aliphatic rings.